The summed E-state index contributed by atoms with van der Waals surface area (Å²) in [5.41, 5.74) is -0.0471. The number of nitrogens with zero attached hydrogens (tertiary/aromatic N) is 2. The molecular formula is C10H5N3O3. The minimum Gasteiger partial charge on any atom is -0.454 e. The maximum absolute atomic E-state index is 11.8. The monoisotopic (exact) mass is 215 g/mol. The van der Waals surface area contributed by atoms with Crippen LogP contribution in [0.25, 0.3) is 10.9 Å². The fraction of sp³-hybridized carbons (Fsp3) is 0.100. The first-order valence-electron chi connectivity index (χ1n) is 4.52. The Morgan fingerprint density at radius 2 is 2.12 bits per heavy atom. The van der Waals surface area contributed by atoms with Gasteiger partial charge in [-0.25, -0.2) is 0 Å². The molecule has 1 N–H and O–H groups in total. The number of aromatic amines is 1. The summed E-state index contributed by atoms with van der Waals surface area (Å²) < 4.78 is 10.3. The molecular weight excluding hydrogens is 210 g/mol. The lowest BCUT2D eigenvalue weighted by Crippen LogP contribution is -2.10. The molecule has 0 spiro atoms. The average Bonchev–Trinajstić information content (AvgIpc) is 2.74. The first kappa shape index (κ1) is 8.73. The van der Waals surface area contributed by atoms with Crippen LogP contribution >= 0.6 is 0 Å². The Morgan fingerprint density at radius 3 is 2.88 bits per heavy atom. The lowest BCUT2D eigenvalue weighted by Gasteiger charge is -1.99. The summed E-state index contributed by atoms with van der Waals surface area (Å²) in [5.74, 6) is 1.07. The lowest BCUT2D eigenvalue weighted by molar-refractivity contribution is 0.174. The predicted octanol–water partition coefficient (Wildman–Crippen LogP) is 0.523. The van der Waals surface area contributed by atoms with E-state index in [9.17, 15) is 4.79 Å². The maximum Gasteiger partial charge on any atom is 0.231 e. The molecule has 0 radical (unpaired) electrons. The van der Waals surface area contributed by atoms with E-state index in [0.29, 0.717) is 22.4 Å². The zero-order chi connectivity index (χ0) is 11.1. The molecule has 16 heavy (non-hydrogen) atoms. The molecule has 1 aliphatic heterocycles. The largest absolute Gasteiger partial charge is 0.454 e. The topological polar surface area (TPSA) is 88.0 Å². The highest BCUT2D eigenvalue weighted by Gasteiger charge is 2.16. The number of H-pyrrole nitrogens is 1. The third kappa shape index (κ3) is 1.05. The molecule has 78 valence electrons. The number of nitrogens with one attached hydrogen (secondary N) is 1. The molecule has 0 saturated heterocycles. The van der Waals surface area contributed by atoms with E-state index in [-0.39, 0.29) is 12.5 Å². The van der Waals surface area contributed by atoms with Gasteiger partial charge in [0.2, 0.25) is 17.9 Å². The van der Waals surface area contributed by atoms with Crippen LogP contribution in [0.2, 0.25) is 0 Å². The van der Waals surface area contributed by atoms with Crippen molar-refractivity contribution in [1.29, 1.82) is 5.26 Å². The number of ether oxygens (including phenoxy) is 2. The number of hydrogen-bond acceptors (Lipinski definition) is 5. The summed E-state index contributed by atoms with van der Waals surface area (Å²) in [6.45, 7) is 0.137. The van der Waals surface area contributed by atoms with Crippen LogP contribution in [-0.4, -0.2) is 17.0 Å². The van der Waals surface area contributed by atoms with E-state index < -0.39 is 5.43 Å². The summed E-state index contributed by atoms with van der Waals surface area (Å²) in [5, 5.41) is 15.3. The van der Waals surface area contributed by atoms with Crippen molar-refractivity contribution >= 4 is 10.9 Å². The third-order valence-electron chi connectivity index (χ3n) is 2.37. The molecule has 0 saturated carbocycles. The van der Waals surface area contributed by atoms with Gasteiger partial charge >= 0.3 is 0 Å². The average molecular weight is 215 g/mol. The Hall–Kier alpha value is -2.55. The van der Waals surface area contributed by atoms with Crippen LogP contribution in [0.15, 0.2) is 16.9 Å². The molecule has 2 heterocycles. The highest BCUT2D eigenvalue weighted by molar-refractivity contribution is 5.82. The van der Waals surface area contributed by atoms with Gasteiger partial charge in [-0.3, -0.25) is 9.89 Å². The molecule has 0 atom stereocenters. The van der Waals surface area contributed by atoms with Crippen molar-refractivity contribution in [2.24, 2.45) is 0 Å². The second-order valence-electron chi connectivity index (χ2n) is 3.26. The quantitative estimate of drug-likeness (QED) is 0.692. The van der Waals surface area contributed by atoms with Gasteiger partial charge in [-0.15, -0.1) is 0 Å². The minimum atomic E-state index is -0.408. The maximum atomic E-state index is 11.8. The number of rotatable bonds is 0. The van der Waals surface area contributed by atoms with Crippen molar-refractivity contribution in [3.8, 4) is 17.6 Å². The SMILES string of the molecule is N#Cc1n[nH]c2cc3c(cc2c1=O)OCO3. The van der Waals surface area contributed by atoms with Gasteiger partial charge in [0.25, 0.3) is 0 Å². The van der Waals surface area contributed by atoms with Crippen LogP contribution in [0.4, 0.5) is 0 Å². The van der Waals surface area contributed by atoms with Crippen molar-refractivity contribution < 1.29 is 9.47 Å². The Labute approximate surface area is 89.0 Å². The molecule has 0 unspecified atom stereocenters. The van der Waals surface area contributed by atoms with Gasteiger partial charge in [0.15, 0.2) is 11.5 Å². The molecule has 1 aromatic heterocycles. The van der Waals surface area contributed by atoms with Gasteiger partial charge < -0.3 is 9.47 Å². The number of nitriles is 1. The molecule has 1 aromatic carbocycles. The lowest BCUT2D eigenvalue weighted by atomic mass is 10.2. The van der Waals surface area contributed by atoms with Gasteiger partial charge in [-0.1, -0.05) is 0 Å². The van der Waals surface area contributed by atoms with E-state index in [2.05, 4.69) is 10.2 Å². The van der Waals surface area contributed by atoms with Crippen LogP contribution in [-0.2, 0) is 0 Å². The van der Waals surface area contributed by atoms with Crippen molar-refractivity contribution in [3.05, 3.63) is 28.0 Å². The Morgan fingerprint density at radius 1 is 1.38 bits per heavy atom. The Kier molecular flexibility index (Phi) is 1.62. The van der Waals surface area contributed by atoms with Gasteiger partial charge in [-0.2, -0.15) is 10.4 Å². The molecule has 0 bridgehead atoms. The van der Waals surface area contributed by atoms with E-state index in [1.807, 2.05) is 0 Å². The van der Waals surface area contributed by atoms with E-state index in [1.54, 1.807) is 18.2 Å². The third-order valence-corrected chi connectivity index (χ3v) is 2.37. The van der Waals surface area contributed by atoms with Crippen LogP contribution in [0, 0.1) is 11.3 Å². The second-order valence-corrected chi connectivity index (χ2v) is 3.26. The van der Waals surface area contributed by atoms with E-state index in [4.69, 9.17) is 14.7 Å². The zero-order valence-corrected chi connectivity index (χ0v) is 7.98. The number of aromatic nitrogens is 2. The number of fused-ring (bicyclic) bond motifs is 2. The molecule has 6 heteroatoms. The first-order valence-corrected chi connectivity index (χ1v) is 4.52. The highest BCUT2D eigenvalue weighted by atomic mass is 16.7. The van der Waals surface area contributed by atoms with Gasteiger partial charge in [-0.05, 0) is 6.07 Å². The fourth-order valence-corrected chi connectivity index (χ4v) is 1.59. The molecule has 0 fully saturated rings. The van der Waals surface area contributed by atoms with Crippen molar-refractivity contribution in [3.63, 3.8) is 0 Å². The number of benzene rings is 1. The van der Waals surface area contributed by atoms with Crippen molar-refractivity contribution in [1.82, 2.24) is 10.2 Å². The second kappa shape index (κ2) is 2.97. The van der Waals surface area contributed by atoms with Crippen LogP contribution < -0.4 is 14.9 Å². The van der Waals surface area contributed by atoms with Crippen LogP contribution in [0.1, 0.15) is 5.69 Å². The normalized spacial score (nSPS) is 12.7. The Bertz CT molecular complexity index is 684. The zero-order valence-electron chi connectivity index (χ0n) is 7.98. The summed E-state index contributed by atoms with van der Waals surface area (Å²) in [6, 6.07) is 4.91. The van der Waals surface area contributed by atoms with Gasteiger partial charge in [0, 0.05) is 6.07 Å². The van der Waals surface area contributed by atoms with Crippen molar-refractivity contribution in [2.75, 3.05) is 6.79 Å². The first-order chi connectivity index (χ1) is 7.79. The van der Waals surface area contributed by atoms with E-state index in [1.165, 1.54) is 0 Å². The molecule has 6 nitrogen and oxygen atoms in total. The van der Waals surface area contributed by atoms with E-state index >= 15 is 0 Å². The summed E-state index contributed by atoms with van der Waals surface area (Å²) in [7, 11) is 0. The van der Waals surface area contributed by atoms with Crippen molar-refractivity contribution in [2.45, 2.75) is 0 Å². The molecule has 0 amide bonds. The van der Waals surface area contributed by atoms with Gasteiger partial charge in [0.1, 0.15) is 6.07 Å². The smallest absolute Gasteiger partial charge is 0.231 e. The van der Waals surface area contributed by atoms with Crippen LogP contribution in [0.5, 0.6) is 11.5 Å². The predicted molar refractivity (Wildman–Crippen MR) is 53.2 cm³/mol. The Balaban J connectivity index is 2.42. The van der Waals surface area contributed by atoms with Crippen LogP contribution in [0.3, 0.4) is 0 Å². The molecule has 3 rings (SSSR count). The van der Waals surface area contributed by atoms with E-state index in [0.717, 1.165) is 0 Å². The fourth-order valence-electron chi connectivity index (χ4n) is 1.59. The summed E-state index contributed by atoms with van der Waals surface area (Å²) >= 11 is 0. The summed E-state index contributed by atoms with van der Waals surface area (Å²) in [6.07, 6.45) is 0. The minimum absolute atomic E-state index is 0.137. The molecule has 1 aliphatic rings. The molecule has 2 aromatic rings. The van der Waals surface area contributed by atoms with Gasteiger partial charge in [0.05, 0.1) is 10.9 Å². The molecule has 0 aliphatic carbocycles. The highest BCUT2D eigenvalue weighted by Crippen LogP contribution is 2.34. The number of hydrogen-bond donors (Lipinski definition) is 1. The standard InChI is InChI=1S/C10H5N3O3/c11-3-7-10(14)5-1-8-9(16-4-15-8)2-6(5)12-13-7/h1-2H,4H2,(H,12,14). The summed E-state index contributed by atoms with van der Waals surface area (Å²) in [4.78, 5) is 11.8.